The van der Waals surface area contributed by atoms with E-state index in [1.165, 1.54) is 0 Å². The average molecular weight is 210 g/mol. The van der Waals surface area contributed by atoms with Gasteiger partial charge in [-0.15, -0.1) is 0 Å². The number of hydrogen-bond donors (Lipinski definition) is 1. The van der Waals surface area contributed by atoms with Crippen molar-refractivity contribution in [1.29, 1.82) is 0 Å². The Balaban J connectivity index is 2.80. The molecule has 0 amide bonds. The zero-order valence-electron chi connectivity index (χ0n) is 7.50. The summed E-state index contributed by atoms with van der Waals surface area (Å²) in [6.45, 7) is 0. The molecule has 14 heavy (non-hydrogen) atoms. The lowest BCUT2D eigenvalue weighted by Crippen LogP contribution is -2.05. The largest absolute Gasteiger partial charge is 0.421 e. The van der Waals surface area contributed by atoms with Gasteiger partial charge in [-0.1, -0.05) is 11.6 Å². The van der Waals surface area contributed by atoms with Crippen LogP contribution in [0.1, 0.15) is 0 Å². The lowest BCUT2D eigenvalue weighted by Gasteiger charge is -2.00. The molecular weight excluding hydrogens is 202 g/mol. The zero-order valence-corrected chi connectivity index (χ0v) is 8.26. The maximum atomic E-state index is 11.3. The van der Waals surface area contributed by atoms with E-state index in [4.69, 9.17) is 16.0 Å². The molecular formula is C10H8ClNO2. The van der Waals surface area contributed by atoms with Crippen LogP contribution in [0.5, 0.6) is 0 Å². The van der Waals surface area contributed by atoms with E-state index in [1.54, 1.807) is 31.3 Å². The van der Waals surface area contributed by atoms with Gasteiger partial charge in [0.25, 0.3) is 0 Å². The van der Waals surface area contributed by atoms with Gasteiger partial charge in [-0.25, -0.2) is 4.79 Å². The average Bonchev–Trinajstić information content (AvgIpc) is 2.17. The molecule has 2 aromatic rings. The van der Waals surface area contributed by atoms with Crippen molar-refractivity contribution >= 4 is 28.3 Å². The molecule has 72 valence electrons. The summed E-state index contributed by atoms with van der Waals surface area (Å²) in [7, 11) is 1.67. The number of halogens is 1. The topological polar surface area (TPSA) is 42.2 Å². The molecule has 0 aliphatic heterocycles. The van der Waals surface area contributed by atoms with E-state index >= 15 is 0 Å². The van der Waals surface area contributed by atoms with Crippen LogP contribution in [-0.4, -0.2) is 7.05 Å². The van der Waals surface area contributed by atoms with Crippen molar-refractivity contribution in [2.24, 2.45) is 0 Å². The minimum atomic E-state index is -0.373. The van der Waals surface area contributed by atoms with Gasteiger partial charge >= 0.3 is 5.63 Å². The van der Waals surface area contributed by atoms with E-state index in [0.29, 0.717) is 16.3 Å². The fourth-order valence-electron chi connectivity index (χ4n) is 1.27. The lowest BCUT2D eigenvalue weighted by molar-refractivity contribution is 0.563. The number of benzene rings is 1. The molecule has 4 heteroatoms. The van der Waals surface area contributed by atoms with Crippen molar-refractivity contribution in [3.63, 3.8) is 0 Å². The Bertz CT molecular complexity index is 533. The van der Waals surface area contributed by atoms with E-state index in [1.807, 2.05) is 0 Å². The van der Waals surface area contributed by atoms with Gasteiger partial charge in [0.05, 0.1) is 0 Å². The standard InChI is InChI=1S/C10H8ClNO2/c1-12-8-5-6-4-7(11)2-3-9(6)14-10(8)13/h2-5,12H,1H3. The molecule has 0 spiro atoms. The van der Waals surface area contributed by atoms with Crippen molar-refractivity contribution in [2.75, 3.05) is 12.4 Å². The summed E-state index contributed by atoms with van der Waals surface area (Å²) >= 11 is 5.81. The van der Waals surface area contributed by atoms with Gasteiger partial charge in [-0.05, 0) is 24.3 Å². The predicted molar refractivity (Wildman–Crippen MR) is 57.0 cm³/mol. The van der Waals surface area contributed by atoms with Gasteiger partial charge in [0.2, 0.25) is 0 Å². The molecule has 1 aromatic heterocycles. The Morgan fingerprint density at radius 1 is 1.36 bits per heavy atom. The SMILES string of the molecule is CNc1cc2cc(Cl)ccc2oc1=O. The van der Waals surface area contributed by atoms with Crippen LogP contribution in [0.2, 0.25) is 5.02 Å². The van der Waals surface area contributed by atoms with Gasteiger partial charge in [-0.3, -0.25) is 0 Å². The normalized spacial score (nSPS) is 10.4. The van der Waals surface area contributed by atoms with Crippen LogP contribution in [0, 0.1) is 0 Å². The van der Waals surface area contributed by atoms with Crippen LogP contribution < -0.4 is 10.9 Å². The second-order valence-electron chi connectivity index (χ2n) is 2.88. The quantitative estimate of drug-likeness (QED) is 0.734. The lowest BCUT2D eigenvalue weighted by atomic mass is 10.2. The van der Waals surface area contributed by atoms with E-state index in [2.05, 4.69) is 5.32 Å². The number of hydrogen-bond acceptors (Lipinski definition) is 3. The van der Waals surface area contributed by atoms with E-state index in [0.717, 1.165) is 5.39 Å². The third-order valence-corrected chi connectivity index (χ3v) is 2.20. The highest BCUT2D eigenvalue weighted by atomic mass is 35.5. The molecule has 0 saturated carbocycles. The highest BCUT2D eigenvalue weighted by molar-refractivity contribution is 6.31. The molecule has 0 radical (unpaired) electrons. The molecule has 1 heterocycles. The van der Waals surface area contributed by atoms with E-state index in [-0.39, 0.29) is 5.63 Å². The molecule has 0 aliphatic carbocycles. The molecule has 2 rings (SSSR count). The highest BCUT2D eigenvalue weighted by Crippen LogP contribution is 2.19. The second kappa shape index (κ2) is 3.35. The molecule has 0 bridgehead atoms. The second-order valence-corrected chi connectivity index (χ2v) is 3.32. The van der Waals surface area contributed by atoms with Crippen LogP contribution in [0.3, 0.4) is 0 Å². The number of nitrogens with one attached hydrogen (secondary N) is 1. The molecule has 0 aliphatic rings. The first-order valence-electron chi connectivity index (χ1n) is 4.12. The Kier molecular flexibility index (Phi) is 2.17. The van der Waals surface area contributed by atoms with Crippen molar-refractivity contribution in [3.05, 3.63) is 39.7 Å². The van der Waals surface area contributed by atoms with Crippen molar-refractivity contribution < 1.29 is 4.42 Å². The Morgan fingerprint density at radius 2 is 2.14 bits per heavy atom. The molecule has 0 atom stereocenters. The number of rotatable bonds is 1. The minimum absolute atomic E-state index is 0.373. The molecule has 0 saturated heterocycles. The first-order valence-corrected chi connectivity index (χ1v) is 4.49. The van der Waals surface area contributed by atoms with E-state index in [9.17, 15) is 4.79 Å². The summed E-state index contributed by atoms with van der Waals surface area (Å²) in [5, 5.41) is 4.18. The summed E-state index contributed by atoms with van der Waals surface area (Å²) in [6, 6.07) is 6.83. The predicted octanol–water partition coefficient (Wildman–Crippen LogP) is 2.49. The maximum absolute atomic E-state index is 11.3. The first kappa shape index (κ1) is 9.09. The van der Waals surface area contributed by atoms with Gasteiger partial charge in [-0.2, -0.15) is 0 Å². The van der Waals surface area contributed by atoms with Crippen LogP contribution >= 0.6 is 11.6 Å². The number of anilines is 1. The van der Waals surface area contributed by atoms with Gasteiger partial charge < -0.3 is 9.73 Å². The maximum Gasteiger partial charge on any atom is 0.359 e. The third-order valence-electron chi connectivity index (χ3n) is 1.96. The van der Waals surface area contributed by atoms with Crippen molar-refractivity contribution in [2.45, 2.75) is 0 Å². The molecule has 1 N–H and O–H groups in total. The first-order chi connectivity index (χ1) is 6.70. The summed E-state index contributed by atoms with van der Waals surface area (Å²) in [4.78, 5) is 11.3. The molecule has 3 nitrogen and oxygen atoms in total. The zero-order chi connectivity index (χ0) is 10.1. The van der Waals surface area contributed by atoms with E-state index < -0.39 is 0 Å². The smallest absolute Gasteiger partial charge is 0.359 e. The van der Waals surface area contributed by atoms with Gasteiger partial charge in [0, 0.05) is 17.5 Å². The fourth-order valence-corrected chi connectivity index (χ4v) is 1.45. The molecule has 0 fully saturated rings. The van der Waals surface area contributed by atoms with Crippen LogP contribution in [0.4, 0.5) is 5.69 Å². The fraction of sp³-hybridized carbons (Fsp3) is 0.100. The Labute approximate surface area is 85.3 Å². The van der Waals surface area contributed by atoms with Crippen LogP contribution in [0.25, 0.3) is 11.0 Å². The highest BCUT2D eigenvalue weighted by Gasteiger charge is 2.03. The number of fused-ring (bicyclic) bond motifs is 1. The summed E-state index contributed by atoms with van der Waals surface area (Å²) < 4.78 is 5.06. The van der Waals surface area contributed by atoms with Crippen LogP contribution in [-0.2, 0) is 0 Å². The molecule has 0 unspecified atom stereocenters. The van der Waals surface area contributed by atoms with Gasteiger partial charge in [0.1, 0.15) is 11.3 Å². The monoisotopic (exact) mass is 209 g/mol. The molecule has 1 aromatic carbocycles. The summed E-state index contributed by atoms with van der Waals surface area (Å²) in [5.74, 6) is 0. The van der Waals surface area contributed by atoms with Crippen molar-refractivity contribution in [3.8, 4) is 0 Å². The Morgan fingerprint density at radius 3 is 2.86 bits per heavy atom. The summed E-state index contributed by atoms with van der Waals surface area (Å²) in [6.07, 6.45) is 0. The Hall–Kier alpha value is -1.48. The summed E-state index contributed by atoms with van der Waals surface area (Å²) in [5.41, 5.74) is 0.598. The van der Waals surface area contributed by atoms with Crippen LogP contribution in [0.15, 0.2) is 33.5 Å². The minimum Gasteiger partial charge on any atom is -0.421 e. The van der Waals surface area contributed by atoms with Gasteiger partial charge in [0.15, 0.2) is 0 Å². The van der Waals surface area contributed by atoms with Crippen molar-refractivity contribution in [1.82, 2.24) is 0 Å². The third kappa shape index (κ3) is 1.46.